The van der Waals surface area contributed by atoms with Crippen LogP contribution in [0.1, 0.15) is 0 Å². The Morgan fingerprint density at radius 3 is 2.73 bits per heavy atom. The number of rotatable bonds is 8. The second-order valence-corrected chi connectivity index (χ2v) is 4.67. The molecule has 7 nitrogen and oxygen atoms in total. The molecule has 8 heteroatoms. The van der Waals surface area contributed by atoms with Crippen molar-refractivity contribution in [3.8, 4) is 5.75 Å². The Balaban J connectivity index is 0.00000242. The summed E-state index contributed by atoms with van der Waals surface area (Å²) in [6.07, 6.45) is 0. The molecular weight excluding hydrogens is 312 g/mol. The van der Waals surface area contributed by atoms with Gasteiger partial charge in [-0.1, -0.05) is 6.07 Å². The third-order valence-electron chi connectivity index (χ3n) is 3.18. The third kappa shape index (κ3) is 6.57. The van der Waals surface area contributed by atoms with Crippen LogP contribution in [-0.2, 0) is 9.47 Å². The zero-order chi connectivity index (χ0) is 14.9. The van der Waals surface area contributed by atoms with E-state index in [1.807, 2.05) is 0 Å². The Labute approximate surface area is 135 Å². The molecule has 0 radical (unpaired) electrons. The van der Waals surface area contributed by atoms with Crippen molar-refractivity contribution in [2.24, 2.45) is 0 Å². The molecule has 1 heterocycles. The van der Waals surface area contributed by atoms with Gasteiger partial charge >= 0.3 is 0 Å². The SMILES string of the molecule is Cl.O=[N+]([O-])c1cccc(OCCOCCN2CCOCC2)c1. The number of non-ortho nitro benzene ring substituents is 1. The highest BCUT2D eigenvalue weighted by molar-refractivity contribution is 5.85. The van der Waals surface area contributed by atoms with Crippen LogP contribution >= 0.6 is 12.4 Å². The fraction of sp³-hybridized carbons (Fsp3) is 0.571. The van der Waals surface area contributed by atoms with Crippen molar-refractivity contribution in [2.45, 2.75) is 0 Å². The molecule has 1 aromatic rings. The second-order valence-electron chi connectivity index (χ2n) is 4.67. The van der Waals surface area contributed by atoms with Crippen LogP contribution in [0, 0.1) is 10.1 Å². The Bertz CT molecular complexity index is 455. The number of hydrogen-bond acceptors (Lipinski definition) is 6. The van der Waals surface area contributed by atoms with Gasteiger partial charge in [-0.2, -0.15) is 0 Å². The van der Waals surface area contributed by atoms with E-state index < -0.39 is 4.92 Å². The normalized spacial score (nSPS) is 15.1. The largest absolute Gasteiger partial charge is 0.491 e. The summed E-state index contributed by atoms with van der Waals surface area (Å²) in [4.78, 5) is 12.5. The molecule has 1 aliphatic rings. The summed E-state index contributed by atoms with van der Waals surface area (Å²) >= 11 is 0. The summed E-state index contributed by atoms with van der Waals surface area (Å²) < 4.78 is 16.2. The lowest BCUT2D eigenvalue weighted by Crippen LogP contribution is -2.38. The van der Waals surface area contributed by atoms with Crippen LogP contribution in [0.25, 0.3) is 0 Å². The average Bonchev–Trinajstić information content (AvgIpc) is 2.52. The summed E-state index contributed by atoms with van der Waals surface area (Å²) in [7, 11) is 0. The summed E-state index contributed by atoms with van der Waals surface area (Å²) in [5.41, 5.74) is 0.0285. The van der Waals surface area contributed by atoms with Crippen LogP contribution in [-0.4, -0.2) is 62.5 Å². The molecule has 1 aromatic carbocycles. The first kappa shape index (κ1) is 18.6. The van der Waals surface area contributed by atoms with E-state index in [4.69, 9.17) is 14.2 Å². The highest BCUT2D eigenvalue weighted by Gasteiger charge is 2.09. The van der Waals surface area contributed by atoms with Crippen molar-refractivity contribution < 1.29 is 19.1 Å². The smallest absolute Gasteiger partial charge is 0.273 e. The van der Waals surface area contributed by atoms with Crippen molar-refractivity contribution >= 4 is 18.1 Å². The Morgan fingerprint density at radius 1 is 1.23 bits per heavy atom. The Hall–Kier alpha value is -1.41. The number of nitro groups is 1. The molecule has 1 saturated heterocycles. The lowest BCUT2D eigenvalue weighted by Gasteiger charge is -2.26. The van der Waals surface area contributed by atoms with Crippen molar-refractivity contribution in [1.82, 2.24) is 4.90 Å². The van der Waals surface area contributed by atoms with E-state index in [0.29, 0.717) is 25.6 Å². The summed E-state index contributed by atoms with van der Waals surface area (Å²) in [6.45, 7) is 5.86. The maximum Gasteiger partial charge on any atom is 0.273 e. The highest BCUT2D eigenvalue weighted by Crippen LogP contribution is 2.18. The van der Waals surface area contributed by atoms with Gasteiger partial charge in [0, 0.05) is 25.7 Å². The molecule has 2 rings (SSSR count). The first-order chi connectivity index (χ1) is 10.3. The van der Waals surface area contributed by atoms with Crippen molar-refractivity contribution in [1.29, 1.82) is 0 Å². The Kier molecular flexibility index (Phi) is 8.76. The maximum atomic E-state index is 10.6. The number of nitro benzene ring substituents is 1. The minimum absolute atomic E-state index is 0. The van der Waals surface area contributed by atoms with Gasteiger partial charge in [0.15, 0.2) is 0 Å². The first-order valence-corrected chi connectivity index (χ1v) is 7.01. The molecular formula is C14H21ClN2O5. The van der Waals surface area contributed by atoms with E-state index in [-0.39, 0.29) is 18.1 Å². The maximum absolute atomic E-state index is 10.6. The number of nitrogens with zero attached hydrogens (tertiary/aromatic N) is 2. The van der Waals surface area contributed by atoms with Gasteiger partial charge in [-0.05, 0) is 6.07 Å². The van der Waals surface area contributed by atoms with Crippen LogP contribution in [0.3, 0.4) is 0 Å². The van der Waals surface area contributed by atoms with E-state index in [9.17, 15) is 10.1 Å². The molecule has 0 unspecified atom stereocenters. The number of morpholine rings is 1. The predicted octanol–water partition coefficient (Wildman–Crippen LogP) is 1.74. The zero-order valence-corrected chi connectivity index (χ0v) is 13.1. The summed E-state index contributed by atoms with van der Waals surface area (Å²) in [6, 6.07) is 6.15. The molecule has 0 bridgehead atoms. The third-order valence-corrected chi connectivity index (χ3v) is 3.18. The summed E-state index contributed by atoms with van der Waals surface area (Å²) in [5, 5.41) is 10.6. The van der Waals surface area contributed by atoms with Crippen LogP contribution in [0.5, 0.6) is 5.75 Å². The van der Waals surface area contributed by atoms with Gasteiger partial charge in [-0.25, -0.2) is 0 Å². The van der Waals surface area contributed by atoms with Gasteiger partial charge in [0.2, 0.25) is 0 Å². The van der Waals surface area contributed by atoms with Gasteiger partial charge in [0.05, 0.1) is 37.4 Å². The molecule has 0 amide bonds. The number of benzene rings is 1. The molecule has 22 heavy (non-hydrogen) atoms. The van der Waals surface area contributed by atoms with Gasteiger partial charge < -0.3 is 14.2 Å². The van der Waals surface area contributed by atoms with Gasteiger partial charge in [-0.15, -0.1) is 12.4 Å². The molecule has 1 aliphatic heterocycles. The van der Waals surface area contributed by atoms with Crippen LogP contribution in [0.2, 0.25) is 0 Å². The number of ether oxygens (including phenoxy) is 3. The van der Waals surface area contributed by atoms with Crippen molar-refractivity contribution in [3.05, 3.63) is 34.4 Å². The quantitative estimate of drug-likeness (QED) is 0.410. The lowest BCUT2D eigenvalue weighted by molar-refractivity contribution is -0.384. The predicted molar refractivity (Wildman–Crippen MR) is 83.9 cm³/mol. The fourth-order valence-electron chi connectivity index (χ4n) is 2.03. The van der Waals surface area contributed by atoms with E-state index in [1.165, 1.54) is 12.1 Å². The molecule has 0 aliphatic carbocycles. The van der Waals surface area contributed by atoms with E-state index >= 15 is 0 Å². The molecule has 0 atom stereocenters. The second kappa shape index (κ2) is 10.3. The van der Waals surface area contributed by atoms with Gasteiger partial charge in [0.1, 0.15) is 12.4 Å². The van der Waals surface area contributed by atoms with Gasteiger partial charge in [0.25, 0.3) is 5.69 Å². The first-order valence-electron chi connectivity index (χ1n) is 7.01. The molecule has 1 fully saturated rings. The van der Waals surface area contributed by atoms with Crippen LogP contribution < -0.4 is 4.74 Å². The topological polar surface area (TPSA) is 74.1 Å². The van der Waals surface area contributed by atoms with E-state index in [0.717, 1.165) is 32.8 Å². The van der Waals surface area contributed by atoms with Crippen LogP contribution in [0.4, 0.5) is 5.69 Å². The van der Waals surface area contributed by atoms with E-state index in [2.05, 4.69) is 4.90 Å². The average molecular weight is 333 g/mol. The monoisotopic (exact) mass is 332 g/mol. The molecule has 0 spiro atoms. The molecule has 0 saturated carbocycles. The Morgan fingerprint density at radius 2 is 2.00 bits per heavy atom. The van der Waals surface area contributed by atoms with Crippen molar-refractivity contribution in [3.63, 3.8) is 0 Å². The number of halogens is 1. The summed E-state index contributed by atoms with van der Waals surface area (Å²) in [5.74, 6) is 0.487. The van der Waals surface area contributed by atoms with E-state index in [1.54, 1.807) is 12.1 Å². The highest BCUT2D eigenvalue weighted by atomic mass is 35.5. The standard InChI is InChI=1S/C14H20N2O5.ClH/c17-16(18)13-2-1-3-14(12-13)21-11-10-20-9-6-15-4-7-19-8-5-15;/h1-3,12H,4-11H2;1H. The minimum atomic E-state index is -0.439. The molecule has 124 valence electrons. The molecule has 0 N–H and O–H groups in total. The zero-order valence-electron chi connectivity index (χ0n) is 12.3. The number of hydrogen-bond donors (Lipinski definition) is 0. The minimum Gasteiger partial charge on any atom is -0.491 e. The van der Waals surface area contributed by atoms with Gasteiger partial charge in [-0.3, -0.25) is 15.0 Å². The lowest BCUT2D eigenvalue weighted by atomic mass is 10.3. The molecule has 0 aromatic heterocycles. The van der Waals surface area contributed by atoms with Crippen molar-refractivity contribution in [2.75, 3.05) is 52.7 Å². The fourth-order valence-corrected chi connectivity index (χ4v) is 2.03. The van der Waals surface area contributed by atoms with Crippen LogP contribution in [0.15, 0.2) is 24.3 Å².